The summed E-state index contributed by atoms with van der Waals surface area (Å²) in [5, 5.41) is 0. The normalized spacial score (nSPS) is 21.1. The fourth-order valence-electron chi connectivity index (χ4n) is 2.63. The quantitative estimate of drug-likeness (QED) is 0.662. The average molecular weight is 279 g/mol. The van der Waals surface area contributed by atoms with Crippen molar-refractivity contribution in [2.45, 2.75) is 25.7 Å². The summed E-state index contributed by atoms with van der Waals surface area (Å²) in [6.07, 6.45) is 4.02. The van der Waals surface area contributed by atoms with Crippen LogP contribution in [0.3, 0.4) is 0 Å². The highest BCUT2D eigenvalue weighted by atomic mass is 16.5. The number of ether oxygens (including phenoxy) is 3. The molecule has 0 aromatic carbocycles. The summed E-state index contributed by atoms with van der Waals surface area (Å²) in [5.74, 6) is 2.62. The number of nitrogens with zero attached hydrogens (tertiary/aromatic N) is 3. The third-order valence-electron chi connectivity index (χ3n) is 3.60. The Morgan fingerprint density at radius 2 is 1.45 bits per heavy atom. The molecule has 0 unspecified atom stereocenters. The summed E-state index contributed by atoms with van der Waals surface area (Å²) in [7, 11) is 0. The van der Waals surface area contributed by atoms with E-state index in [1.807, 2.05) is 0 Å². The Labute approximate surface area is 118 Å². The topological polar surface area (TPSA) is 64.8 Å². The lowest BCUT2D eigenvalue weighted by Gasteiger charge is -2.16. The van der Waals surface area contributed by atoms with Crippen LogP contribution in [-0.4, -0.2) is 57.1 Å². The molecule has 0 fully saturated rings. The van der Waals surface area contributed by atoms with Crippen molar-refractivity contribution in [3.05, 3.63) is 0 Å². The lowest BCUT2D eigenvalue weighted by atomic mass is 10.0. The summed E-state index contributed by atoms with van der Waals surface area (Å²) in [4.78, 5) is 13.1. The van der Waals surface area contributed by atoms with E-state index >= 15 is 0 Å². The second-order valence-corrected chi connectivity index (χ2v) is 5.06. The highest BCUT2D eigenvalue weighted by Crippen LogP contribution is 2.20. The summed E-state index contributed by atoms with van der Waals surface area (Å²) >= 11 is 0. The van der Waals surface area contributed by atoms with Gasteiger partial charge in [-0.3, -0.25) is 15.0 Å². The Balaban J connectivity index is 1.48. The van der Waals surface area contributed by atoms with Gasteiger partial charge in [-0.05, 0) is 12.8 Å². The Bertz CT molecular complexity index is 407. The van der Waals surface area contributed by atoms with E-state index in [0.29, 0.717) is 13.2 Å². The minimum atomic E-state index is 0.103. The third-order valence-corrected chi connectivity index (χ3v) is 3.60. The molecule has 0 aromatic heterocycles. The Kier molecular flexibility index (Phi) is 4.50. The molecule has 0 bridgehead atoms. The summed E-state index contributed by atoms with van der Waals surface area (Å²) in [5.41, 5.74) is 0. The number of hydrogen-bond donors (Lipinski definition) is 0. The van der Waals surface area contributed by atoms with Gasteiger partial charge in [0.25, 0.3) is 0 Å². The van der Waals surface area contributed by atoms with E-state index in [2.05, 4.69) is 15.0 Å². The maximum atomic E-state index is 5.60. The zero-order chi connectivity index (χ0) is 13.6. The van der Waals surface area contributed by atoms with Crippen molar-refractivity contribution in [2.75, 3.05) is 39.5 Å². The van der Waals surface area contributed by atoms with Gasteiger partial charge in [-0.1, -0.05) is 6.42 Å². The average Bonchev–Trinajstić information content (AvgIpc) is 3.22. The SMILES string of the molecule is C(CCC(C1=NCCO1)C1=NCCO1)CC1=NCCO1. The molecule has 110 valence electrons. The maximum Gasteiger partial charge on any atom is 0.196 e. The van der Waals surface area contributed by atoms with Crippen molar-refractivity contribution >= 4 is 17.7 Å². The number of aliphatic imine (C=N–C) groups is 3. The second kappa shape index (κ2) is 6.72. The molecule has 6 heteroatoms. The van der Waals surface area contributed by atoms with E-state index in [0.717, 1.165) is 69.6 Å². The zero-order valence-corrected chi connectivity index (χ0v) is 11.7. The van der Waals surface area contributed by atoms with Crippen molar-refractivity contribution in [1.29, 1.82) is 0 Å². The van der Waals surface area contributed by atoms with Crippen LogP contribution in [0.5, 0.6) is 0 Å². The molecule has 0 amide bonds. The van der Waals surface area contributed by atoms with E-state index in [-0.39, 0.29) is 5.92 Å². The largest absolute Gasteiger partial charge is 0.479 e. The van der Waals surface area contributed by atoms with Crippen LogP contribution in [0.25, 0.3) is 0 Å². The number of rotatable bonds is 7. The van der Waals surface area contributed by atoms with Crippen molar-refractivity contribution in [1.82, 2.24) is 0 Å². The van der Waals surface area contributed by atoms with Crippen molar-refractivity contribution < 1.29 is 14.2 Å². The molecule has 0 saturated carbocycles. The minimum absolute atomic E-state index is 0.103. The van der Waals surface area contributed by atoms with Gasteiger partial charge in [-0.2, -0.15) is 0 Å². The van der Waals surface area contributed by atoms with Crippen LogP contribution >= 0.6 is 0 Å². The van der Waals surface area contributed by atoms with Crippen LogP contribution in [0.1, 0.15) is 25.7 Å². The van der Waals surface area contributed by atoms with Gasteiger partial charge in [0, 0.05) is 6.42 Å². The first-order valence-corrected chi connectivity index (χ1v) is 7.44. The first-order chi connectivity index (χ1) is 9.93. The molecule has 0 spiro atoms. The van der Waals surface area contributed by atoms with Crippen LogP contribution in [0.4, 0.5) is 0 Å². The predicted molar refractivity (Wildman–Crippen MR) is 76.7 cm³/mol. The number of unbranched alkanes of at least 4 members (excludes halogenated alkanes) is 1. The molecule has 0 saturated heterocycles. The Morgan fingerprint density at radius 3 is 2.00 bits per heavy atom. The van der Waals surface area contributed by atoms with Crippen LogP contribution in [-0.2, 0) is 14.2 Å². The van der Waals surface area contributed by atoms with Crippen LogP contribution in [0, 0.1) is 5.92 Å². The lowest BCUT2D eigenvalue weighted by molar-refractivity contribution is 0.300. The van der Waals surface area contributed by atoms with Crippen LogP contribution < -0.4 is 0 Å². The fraction of sp³-hybridized carbons (Fsp3) is 0.786. The Morgan fingerprint density at radius 1 is 0.800 bits per heavy atom. The van der Waals surface area contributed by atoms with Crippen molar-refractivity contribution in [2.24, 2.45) is 20.9 Å². The van der Waals surface area contributed by atoms with Crippen molar-refractivity contribution in [3.8, 4) is 0 Å². The van der Waals surface area contributed by atoms with E-state index in [1.54, 1.807) is 0 Å². The molecule has 3 aliphatic rings. The molecule has 0 aliphatic carbocycles. The van der Waals surface area contributed by atoms with Crippen LogP contribution in [0.2, 0.25) is 0 Å². The molecule has 3 aliphatic heterocycles. The molecule has 6 nitrogen and oxygen atoms in total. The minimum Gasteiger partial charge on any atom is -0.479 e. The highest BCUT2D eigenvalue weighted by molar-refractivity contribution is 6.01. The summed E-state index contributed by atoms with van der Waals surface area (Å²) in [6.45, 7) is 4.43. The van der Waals surface area contributed by atoms with Gasteiger partial charge < -0.3 is 14.2 Å². The molecule has 0 atom stereocenters. The van der Waals surface area contributed by atoms with Gasteiger partial charge in [0.05, 0.1) is 19.6 Å². The molecule has 20 heavy (non-hydrogen) atoms. The van der Waals surface area contributed by atoms with E-state index in [4.69, 9.17) is 14.2 Å². The van der Waals surface area contributed by atoms with Crippen LogP contribution in [0.15, 0.2) is 15.0 Å². The fourth-order valence-corrected chi connectivity index (χ4v) is 2.63. The summed E-state index contributed by atoms with van der Waals surface area (Å²) < 4.78 is 16.6. The van der Waals surface area contributed by atoms with Gasteiger partial charge in [0.1, 0.15) is 25.7 Å². The smallest absolute Gasteiger partial charge is 0.196 e. The lowest BCUT2D eigenvalue weighted by Crippen LogP contribution is -2.25. The highest BCUT2D eigenvalue weighted by Gasteiger charge is 2.29. The van der Waals surface area contributed by atoms with Gasteiger partial charge >= 0.3 is 0 Å². The third kappa shape index (κ3) is 3.29. The van der Waals surface area contributed by atoms with Gasteiger partial charge in [-0.15, -0.1) is 0 Å². The first kappa shape index (κ1) is 13.4. The molecule has 3 rings (SSSR count). The van der Waals surface area contributed by atoms with Crippen molar-refractivity contribution in [3.63, 3.8) is 0 Å². The van der Waals surface area contributed by atoms with E-state index in [1.165, 1.54) is 0 Å². The van der Waals surface area contributed by atoms with E-state index < -0.39 is 0 Å². The van der Waals surface area contributed by atoms with Gasteiger partial charge in [-0.25, -0.2) is 0 Å². The second-order valence-electron chi connectivity index (χ2n) is 5.06. The monoisotopic (exact) mass is 279 g/mol. The molecular weight excluding hydrogens is 258 g/mol. The van der Waals surface area contributed by atoms with Gasteiger partial charge in [0.15, 0.2) is 17.7 Å². The maximum absolute atomic E-state index is 5.60. The van der Waals surface area contributed by atoms with E-state index in [9.17, 15) is 0 Å². The molecule has 0 radical (unpaired) electrons. The van der Waals surface area contributed by atoms with Gasteiger partial charge in [0.2, 0.25) is 0 Å². The molecule has 0 aromatic rings. The molecule has 0 N–H and O–H groups in total. The summed E-state index contributed by atoms with van der Waals surface area (Å²) in [6, 6.07) is 0. The molecule has 3 heterocycles. The Hall–Kier alpha value is -1.59. The standard InChI is InChI=1S/C14H21N3O3/c1(2-4-12-15-5-8-18-12)3-11(13-16-6-9-19-13)14-17-7-10-20-14/h11H,1-10H2. The number of hydrogen-bond acceptors (Lipinski definition) is 6. The predicted octanol–water partition coefficient (Wildman–Crippen LogP) is 1.45. The zero-order valence-electron chi connectivity index (χ0n) is 11.7. The molecular formula is C14H21N3O3. The first-order valence-electron chi connectivity index (χ1n) is 7.44.